The smallest absolute Gasteiger partial charge is 0.226 e. The number of unbranched alkanes of at least 4 members (excludes halogenated alkanes) is 3. The monoisotopic (exact) mass is 466 g/mol. The normalized spacial score (nSPS) is 10.8. The fourth-order valence-corrected chi connectivity index (χ4v) is 5.06. The van der Waals surface area contributed by atoms with Crippen molar-refractivity contribution < 1.29 is 9.59 Å². The van der Waals surface area contributed by atoms with Gasteiger partial charge in [-0.25, -0.2) is 4.98 Å². The van der Waals surface area contributed by atoms with E-state index in [4.69, 9.17) is 0 Å². The molecule has 1 heterocycles. The van der Waals surface area contributed by atoms with Gasteiger partial charge in [0.1, 0.15) is 0 Å². The fraction of sp³-hybridized carbons (Fsp3) is 0.346. The van der Waals surface area contributed by atoms with E-state index in [0.717, 1.165) is 54.0 Å². The molecule has 168 valence electrons. The summed E-state index contributed by atoms with van der Waals surface area (Å²) in [5, 5.41) is 3.87. The molecule has 0 radical (unpaired) electrons. The van der Waals surface area contributed by atoms with Gasteiger partial charge < -0.3 is 5.32 Å². The van der Waals surface area contributed by atoms with Crippen LogP contribution in [0, 0.1) is 6.92 Å². The zero-order valence-electron chi connectivity index (χ0n) is 18.5. The van der Waals surface area contributed by atoms with Gasteiger partial charge in [0.15, 0.2) is 10.2 Å². The lowest BCUT2D eigenvalue weighted by Gasteiger charge is -2.03. The molecule has 0 aliphatic carbocycles. The van der Waals surface area contributed by atoms with Crippen molar-refractivity contribution >= 4 is 39.3 Å². The number of amides is 1. The van der Waals surface area contributed by atoms with Gasteiger partial charge in [0.2, 0.25) is 5.91 Å². The Morgan fingerprint density at radius 1 is 0.906 bits per heavy atom. The Balaban J connectivity index is 1.25. The number of hydrogen-bond acceptors (Lipinski definition) is 5. The number of nitrogens with one attached hydrogen (secondary N) is 1. The van der Waals surface area contributed by atoms with Gasteiger partial charge in [-0.1, -0.05) is 85.3 Å². The van der Waals surface area contributed by atoms with Crippen LogP contribution in [-0.2, 0) is 16.0 Å². The topological polar surface area (TPSA) is 59.1 Å². The maximum Gasteiger partial charge on any atom is 0.226 e. The zero-order valence-corrected chi connectivity index (χ0v) is 20.1. The van der Waals surface area contributed by atoms with Gasteiger partial charge in [-0.2, -0.15) is 0 Å². The van der Waals surface area contributed by atoms with E-state index in [9.17, 15) is 9.59 Å². The minimum atomic E-state index is 0.0174. The van der Waals surface area contributed by atoms with Crippen LogP contribution in [0.5, 0.6) is 0 Å². The molecule has 3 rings (SSSR count). The number of nitrogens with zero attached hydrogens (tertiary/aromatic N) is 1. The molecule has 0 aliphatic heterocycles. The van der Waals surface area contributed by atoms with Crippen LogP contribution in [-0.4, -0.2) is 21.8 Å². The molecule has 0 aliphatic rings. The molecule has 0 bridgehead atoms. The van der Waals surface area contributed by atoms with Crippen LogP contribution in [0.2, 0.25) is 0 Å². The molecule has 0 saturated carbocycles. The second-order valence-electron chi connectivity index (χ2n) is 7.71. The van der Waals surface area contributed by atoms with Crippen molar-refractivity contribution in [3.8, 4) is 11.3 Å². The minimum absolute atomic E-state index is 0.0174. The lowest BCUT2D eigenvalue weighted by molar-refractivity contribution is -0.116. The van der Waals surface area contributed by atoms with Gasteiger partial charge in [-0.3, -0.25) is 9.59 Å². The van der Waals surface area contributed by atoms with Crippen molar-refractivity contribution in [2.45, 2.75) is 51.9 Å². The van der Waals surface area contributed by atoms with Crippen molar-refractivity contribution in [2.24, 2.45) is 0 Å². The fourth-order valence-electron chi connectivity index (χ4n) is 3.39. The van der Waals surface area contributed by atoms with Crippen LogP contribution < -0.4 is 5.32 Å². The number of thiazole rings is 1. The molecule has 0 atom stereocenters. The molecule has 0 spiro atoms. The standard InChI is InChI=1S/C26H30N2O2S2/c1-20-25(22-14-8-5-9-15-22)28-26(32-20)27-23(29)16-10-2-3-11-19-31-24(30)18-17-21-12-6-4-7-13-21/h4-9,12-15H,2-3,10-11,16-19H2,1H3,(H,27,28,29). The number of carbonyl (C=O) groups is 2. The minimum Gasteiger partial charge on any atom is -0.302 e. The highest BCUT2D eigenvalue weighted by molar-refractivity contribution is 8.13. The van der Waals surface area contributed by atoms with Crippen molar-refractivity contribution in [3.05, 3.63) is 71.1 Å². The van der Waals surface area contributed by atoms with Crippen LogP contribution in [0.1, 0.15) is 49.0 Å². The maximum absolute atomic E-state index is 12.2. The van der Waals surface area contributed by atoms with Crippen LogP contribution in [0.25, 0.3) is 11.3 Å². The van der Waals surface area contributed by atoms with Crippen molar-refractivity contribution in [1.29, 1.82) is 0 Å². The Labute approximate surface area is 198 Å². The summed E-state index contributed by atoms with van der Waals surface area (Å²) in [5.41, 5.74) is 3.21. The Hall–Kier alpha value is -2.44. The van der Waals surface area contributed by atoms with Crippen molar-refractivity contribution in [2.75, 3.05) is 11.1 Å². The van der Waals surface area contributed by atoms with Gasteiger partial charge in [-0.15, -0.1) is 11.3 Å². The van der Waals surface area contributed by atoms with E-state index in [1.807, 2.05) is 55.5 Å². The Morgan fingerprint density at radius 2 is 1.59 bits per heavy atom. The molecule has 32 heavy (non-hydrogen) atoms. The Morgan fingerprint density at radius 3 is 2.34 bits per heavy atom. The second kappa shape index (κ2) is 13.2. The summed E-state index contributed by atoms with van der Waals surface area (Å²) in [6.45, 7) is 2.03. The molecule has 1 N–H and O–H groups in total. The largest absolute Gasteiger partial charge is 0.302 e. The predicted molar refractivity (Wildman–Crippen MR) is 136 cm³/mol. The number of anilines is 1. The molecule has 0 unspecified atom stereocenters. The summed E-state index contributed by atoms with van der Waals surface area (Å²) in [6.07, 6.45) is 5.82. The summed E-state index contributed by atoms with van der Waals surface area (Å²) >= 11 is 2.95. The van der Waals surface area contributed by atoms with Gasteiger partial charge in [0.25, 0.3) is 0 Å². The molecule has 1 amide bonds. The lowest BCUT2D eigenvalue weighted by Crippen LogP contribution is -2.10. The van der Waals surface area contributed by atoms with E-state index in [1.54, 1.807) is 0 Å². The summed E-state index contributed by atoms with van der Waals surface area (Å²) < 4.78 is 0. The third-order valence-electron chi connectivity index (χ3n) is 5.11. The SMILES string of the molecule is Cc1sc(NC(=O)CCCCCCSC(=O)CCc2ccccc2)nc1-c1ccccc1. The highest BCUT2D eigenvalue weighted by Crippen LogP contribution is 2.30. The van der Waals surface area contributed by atoms with E-state index >= 15 is 0 Å². The molecule has 6 heteroatoms. The summed E-state index contributed by atoms with van der Waals surface area (Å²) in [7, 11) is 0. The average molecular weight is 467 g/mol. The summed E-state index contributed by atoms with van der Waals surface area (Å²) in [5.74, 6) is 0.879. The lowest BCUT2D eigenvalue weighted by atomic mass is 10.1. The number of aryl methyl sites for hydroxylation is 2. The first-order valence-electron chi connectivity index (χ1n) is 11.1. The van der Waals surface area contributed by atoms with Crippen LogP contribution in [0.4, 0.5) is 5.13 Å². The van der Waals surface area contributed by atoms with Gasteiger partial charge in [-0.05, 0) is 31.7 Å². The van der Waals surface area contributed by atoms with Gasteiger partial charge in [0, 0.05) is 29.0 Å². The van der Waals surface area contributed by atoms with E-state index < -0.39 is 0 Å². The van der Waals surface area contributed by atoms with Crippen molar-refractivity contribution in [3.63, 3.8) is 0 Å². The molecular weight excluding hydrogens is 436 g/mol. The maximum atomic E-state index is 12.2. The number of aromatic nitrogens is 1. The van der Waals surface area contributed by atoms with Gasteiger partial charge >= 0.3 is 0 Å². The third-order valence-corrected chi connectivity index (χ3v) is 7.02. The van der Waals surface area contributed by atoms with E-state index in [0.29, 0.717) is 18.0 Å². The number of carbonyl (C=O) groups excluding carboxylic acids is 2. The third kappa shape index (κ3) is 8.24. The zero-order chi connectivity index (χ0) is 22.6. The molecule has 2 aromatic carbocycles. The Bertz CT molecular complexity index is 988. The van der Waals surface area contributed by atoms with Gasteiger partial charge in [0.05, 0.1) is 5.69 Å². The van der Waals surface area contributed by atoms with E-state index in [-0.39, 0.29) is 11.0 Å². The Kier molecular flexibility index (Phi) is 9.98. The number of rotatable bonds is 12. The van der Waals surface area contributed by atoms with Crippen LogP contribution in [0.15, 0.2) is 60.7 Å². The molecule has 0 fully saturated rings. The molecular formula is C26H30N2O2S2. The summed E-state index contributed by atoms with van der Waals surface area (Å²) in [4.78, 5) is 29.9. The quantitative estimate of drug-likeness (QED) is 0.295. The first-order chi connectivity index (χ1) is 15.6. The molecule has 0 saturated heterocycles. The van der Waals surface area contributed by atoms with E-state index in [2.05, 4.69) is 22.4 Å². The number of hydrogen-bond donors (Lipinski definition) is 1. The predicted octanol–water partition coefficient (Wildman–Crippen LogP) is 6.90. The van der Waals surface area contributed by atoms with Crippen LogP contribution >= 0.6 is 23.1 Å². The molecule has 3 aromatic rings. The second-order valence-corrected chi connectivity index (χ2v) is 10.1. The highest BCUT2D eigenvalue weighted by Gasteiger charge is 2.11. The van der Waals surface area contributed by atoms with Crippen molar-refractivity contribution in [1.82, 2.24) is 4.98 Å². The average Bonchev–Trinajstić information content (AvgIpc) is 3.18. The molecule has 4 nitrogen and oxygen atoms in total. The number of benzene rings is 2. The highest BCUT2D eigenvalue weighted by atomic mass is 32.2. The molecule has 1 aromatic heterocycles. The number of thioether (sulfide) groups is 1. The first kappa shape index (κ1) is 24.2. The van der Waals surface area contributed by atoms with Crippen LogP contribution in [0.3, 0.4) is 0 Å². The first-order valence-corrected chi connectivity index (χ1v) is 12.9. The summed E-state index contributed by atoms with van der Waals surface area (Å²) in [6, 6.07) is 20.2. The van der Waals surface area contributed by atoms with E-state index in [1.165, 1.54) is 28.7 Å².